The Morgan fingerprint density at radius 3 is 2.78 bits per heavy atom. The molecule has 1 aliphatic rings. The van der Waals surface area contributed by atoms with Gasteiger partial charge in [0.15, 0.2) is 0 Å². The van der Waals surface area contributed by atoms with Gasteiger partial charge in [-0.2, -0.15) is 0 Å². The quantitative estimate of drug-likeness (QED) is 0.672. The molecule has 0 aromatic heterocycles. The molecule has 1 N–H and O–H groups in total. The fourth-order valence-corrected chi connectivity index (χ4v) is 2.41. The zero-order valence-electron chi connectivity index (χ0n) is 9.69. The van der Waals surface area contributed by atoms with E-state index in [9.17, 15) is 19.6 Å². The third-order valence-corrected chi connectivity index (χ3v) is 3.61. The van der Waals surface area contributed by atoms with Gasteiger partial charge >= 0.3 is 0 Å². The lowest BCUT2D eigenvalue weighted by molar-refractivity contribution is -0.384. The zero-order chi connectivity index (χ0) is 13.5. The van der Waals surface area contributed by atoms with E-state index in [2.05, 4.69) is 15.9 Å². The molecule has 0 saturated carbocycles. The Bertz CT molecular complexity index is 507. The molecule has 98 valence electrons. The van der Waals surface area contributed by atoms with Gasteiger partial charge in [0.2, 0.25) is 0 Å². The first-order valence-electron chi connectivity index (χ1n) is 5.41. The van der Waals surface area contributed by atoms with Crippen LogP contribution in [0.2, 0.25) is 0 Å². The smallest absolute Gasteiger partial charge is 0.295 e. The van der Waals surface area contributed by atoms with Crippen LogP contribution in [0.4, 0.5) is 15.8 Å². The fourth-order valence-electron chi connectivity index (χ4n) is 2.08. The molecule has 1 atom stereocenters. The number of halogens is 2. The minimum atomic E-state index is -0.866. The molecule has 7 heteroatoms. The summed E-state index contributed by atoms with van der Waals surface area (Å²) in [5.41, 5.74) is -0.825. The molecule has 1 aromatic carbocycles. The van der Waals surface area contributed by atoms with Crippen LogP contribution in [0.1, 0.15) is 13.3 Å². The lowest BCUT2D eigenvalue weighted by atomic mass is 10.1. The summed E-state index contributed by atoms with van der Waals surface area (Å²) in [5.74, 6) is -0.670. The van der Waals surface area contributed by atoms with E-state index in [-0.39, 0.29) is 10.2 Å². The van der Waals surface area contributed by atoms with Crippen LogP contribution in [0.5, 0.6) is 0 Å². The second kappa shape index (κ2) is 4.47. The van der Waals surface area contributed by atoms with Crippen molar-refractivity contribution in [1.82, 2.24) is 0 Å². The molecule has 2 rings (SSSR count). The number of aliphatic hydroxyl groups is 1. The summed E-state index contributed by atoms with van der Waals surface area (Å²) in [6.07, 6.45) is 0.527. The van der Waals surface area contributed by atoms with Crippen molar-refractivity contribution in [2.45, 2.75) is 18.9 Å². The maximum atomic E-state index is 13.3. The molecule has 0 aliphatic carbocycles. The Morgan fingerprint density at radius 1 is 1.61 bits per heavy atom. The Balaban J connectivity index is 2.44. The predicted molar refractivity (Wildman–Crippen MR) is 68.2 cm³/mol. The van der Waals surface area contributed by atoms with Crippen molar-refractivity contribution in [3.05, 3.63) is 32.5 Å². The number of β-amino-alcohol motifs (C(OH)–C–C–N with tert-alkyl or cyclic N) is 1. The van der Waals surface area contributed by atoms with E-state index in [1.165, 1.54) is 6.07 Å². The highest BCUT2D eigenvalue weighted by Crippen LogP contribution is 2.36. The van der Waals surface area contributed by atoms with E-state index in [0.29, 0.717) is 25.2 Å². The first-order chi connectivity index (χ1) is 8.30. The molecular weight excluding hydrogens is 307 g/mol. The van der Waals surface area contributed by atoms with Gasteiger partial charge in [0.05, 0.1) is 21.1 Å². The Hall–Kier alpha value is -1.21. The van der Waals surface area contributed by atoms with Crippen LogP contribution in [-0.2, 0) is 0 Å². The number of nitrogens with zero attached hydrogens (tertiary/aromatic N) is 2. The lowest BCUT2D eigenvalue weighted by Crippen LogP contribution is -2.29. The summed E-state index contributed by atoms with van der Waals surface area (Å²) in [7, 11) is 0. The van der Waals surface area contributed by atoms with Gasteiger partial charge in [0.25, 0.3) is 5.69 Å². The van der Waals surface area contributed by atoms with Crippen LogP contribution in [0, 0.1) is 15.9 Å². The average Bonchev–Trinajstić information content (AvgIpc) is 2.62. The van der Waals surface area contributed by atoms with Crippen LogP contribution < -0.4 is 4.90 Å². The Morgan fingerprint density at radius 2 is 2.28 bits per heavy atom. The van der Waals surface area contributed by atoms with Gasteiger partial charge < -0.3 is 10.0 Å². The van der Waals surface area contributed by atoms with Gasteiger partial charge in [-0.15, -0.1) is 0 Å². The van der Waals surface area contributed by atoms with Crippen molar-refractivity contribution < 1.29 is 14.4 Å². The van der Waals surface area contributed by atoms with Gasteiger partial charge in [0.1, 0.15) is 11.5 Å². The Labute approximate surface area is 111 Å². The van der Waals surface area contributed by atoms with E-state index in [1.54, 1.807) is 11.8 Å². The molecule has 1 saturated heterocycles. The highest BCUT2D eigenvalue weighted by atomic mass is 79.9. The number of rotatable bonds is 2. The van der Waals surface area contributed by atoms with Crippen molar-refractivity contribution in [2.24, 2.45) is 0 Å². The van der Waals surface area contributed by atoms with E-state index in [0.717, 1.165) is 6.07 Å². The lowest BCUT2D eigenvalue weighted by Gasteiger charge is -2.21. The van der Waals surface area contributed by atoms with Gasteiger partial charge in [-0.05, 0) is 35.3 Å². The van der Waals surface area contributed by atoms with Crippen molar-refractivity contribution in [3.63, 3.8) is 0 Å². The molecule has 0 spiro atoms. The number of nitro groups is 1. The monoisotopic (exact) mass is 318 g/mol. The molecule has 1 heterocycles. The highest BCUT2D eigenvalue weighted by Gasteiger charge is 2.34. The van der Waals surface area contributed by atoms with Crippen LogP contribution in [0.25, 0.3) is 0 Å². The summed E-state index contributed by atoms with van der Waals surface area (Å²) in [4.78, 5) is 12.0. The molecule has 0 bridgehead atoms. The van der Waals surface area contributed by atoms with E-state index < -0.39 is 16.3 Å². The first-order valence-corrected chi connectivity index (χ1v) is 6.20. The normalized spacial score (nSPS) is 23.4. The maximum absolute atomic E-state index is 13.3. The number of hydrogen-bond acceptors (Lipinski definition) is 4. The summed E-state index contributed by atoms with van der Waals surface area (Å²) in [6, 6.07) is 2.28. The molecule has 18 heavy (non-hydrogen) atoms. The predicted octanol–water partition coefficient (Wildman–Crippen LogP) is 2.46. The minimum Gasteiger partial charge on any atom is -0.388 e. The standard InChI is InChI=1S/C11H12BrFN2O3/c1-11(16)2-3-14(6-11)9-4-7(12)8(13)5-10(9)15(17)18/h4-5,16H,2-3,6H2,1H3. The third kappa shape index (κ3) is 2.46. The first kappa shape index (κ1) is 13.2. The number of hydrogen-bond donors (Lipinski definition) is 1. The molecule has 5 nitrogen and oxygen atoms in total. The second-order valence-corrected chi connectivity index (χ2v) is 5.53. The largest absolute Gasteiger partial charge is 0.388 e. The van der Waals surface area contributed by atoms with Crippen molar-refractivity contribution in [2.75, 3.05) is 18.0 Å². The molecular formula is C11H12BrFN2O3. The van der Waals surface area contributed by atoms with E-state index in [1.807, 2.05) is 0 Å². The van der Waals surface area contributed by atoms with E-state index >= 15 is 0 Å². The fraction of sp³-hybridized carbons (Fsp3) is 0.455. The number of anilines is 1. The zero-order valence-corrected chi connectivity index (χ0v) is 11.3. The van der Waals surface area contributed by atoms with Gasteiger partial charge in [-0.3, -0.25) is 10.1 Å². The molecule has 1 unspecified atom stereocenters. The molecule has 0 amide bonds. The molecule has 0 radical (unpaired) electrons. The SMILES string of the molecule is CC1(O)CCN(c2cc(Br)c(F)cc2[N+](=O)[O-])C1. The van der Waals surface area contributed by atoms with Gasteiger partial charge in [-0.1, -0.05) is 0 Å². The molecule has 1 aromatic rings. The summed E-state index contributed by atoms with van der Waals surface area (Å²) in [5, 5.41) is 20.8. The summed E-state index contributed by atoms with van der Waals surface area (Å²) < 4.78 is 13.5. The van der Waals surface area contributed by atoms with Crippen LogP contribution in [0.3, 0.4) is 0 Å². The minimum absolute atomic E-state index is 0.176. The van der Waals surface area contributed by atoms with Crippen LogP contribution in [0.15, 0.2) is 16.6 Å². The maximum Gasteiger partial charge on any atom is 0.295 e. The van der Waals surface area contributed by atoms with Crippen LogP contribution in [-0.4, -0.2) is 28.7 Å². The summed E-state index contributed by atoms with van der Waals surface area (Å²) in [6.45, 7) is 2.48. The Kier molecular flexibility index (Phi) is 3.29. The van der Waals surface area contributed by atoms with Gasteiger partial charge in [0, 0.05) is 13.1 Å². The van der Waals surface area contributed by atoms with E-state index in [4.69, 9.17) is 0 Å². The topological polar surface area (TPSA) is 66.6 Å². The molecule has 1 aliphatic heterocycles. The summed E-state index contributed by atoms with van der Waals surface area (Å²) >= 11 is 3.02. The van der Waals surface area contributed by atoms with Crippen molar-refractivity contribution in [1.29, 1.82) is 0 Å². The van der Waals surface area contributed by atoms with Crippen LogP contribution >= 0.6 is 15.9 Å². The van der Waals surface area contributed by atoms with Crippen molar-refractivity contribution >= 4 is 27.3 Å². The molecule has 1 fully saturated rings. The average molecular weight is 319 g/mol. The van der Waals surface area contributed by atoms with Gasteiger partial charge in [-0.25, -0.2) is 4.39 Å². The highest BCUT2D eigenvalue weighted by molar-refractivity contribution is 9.10. The van der Waals surface area contributed by atoms with Crippen molar-refractivity contribution in [3.8, 4) is 0 Å². The second-order valence-electron chi connectivity index (χ2n) is 4.68. The third-order valence-electron chi connectivity index (χ3n) is 3.01. The number of benzene rings is 1. The number of nitro benzene ring substituents is 1.